The molecule has 2 amide bonds. The highest BCUT2D eigenvalue weighted by atomic mass is 35.5. The van der Waals surface area contributed by atoms with E-state index in [-0.39, 0.29) is 17.7 Å². The Kier molecular flexibility index (Phi) is 9.00. The van der Waals surface area contributed by atoms with Gasteiger partial charge in [0, 0.05) is 40.7 Å². The average Bonchev–Trinajstić information content (AvgIpc) is 3.39. The van der Waals surface area contributed by atoms with Crippen LogP contribution < -0.4 is 5.32 Å². The average molecular weight is 548 g/mol. The highest BCUT2D eigenvalue weighted by molar-refractivity contribution is 7.98. The van der Waals surface area contributed by atoms with E-state index >= 15 is 0 Å². The van der Waals surface area contributed by atoms with Gasteiger partial charge in [-0.15, -0.1) is 11.3 Å². The van der Waals surface area contributed by atoms with Gasteiger partial charge in [-0.2, -0.15) is 11.8 Å². The lowest BCUT2D eigenvalue weighted by Crippen LogP contribution is -2.43. The summed E-state index contributed by atoms with van der Waals surface area (Å²) in [6, 6.07) is 11.2. The molecule has 1 atom stereocenters. The van der Waals surface area contributed by atoms with Crippen LogP contribution in [0, 0.1) is 5.82 Å². The summed E-state index contributed by atoms with van der Waals surface area (Å²) in [6.07, 6.45) is 2.92. The number of thiazole rings is 1. The van der Waals surface area contributed by atoms with Gasteiger partial charge in [0.25, 0.3) is 11.8 Å². The first-order valence-corrected chi connectivity index (χ1v) is 14.3. The molecular formula is C26H27ClFN3O3S2. The third-order valence-corrected chi connectivity index (χ3v) is 8.08. The van der Waals surface area contributed by atoms with Crippen LogP contribution in [0.25, 0.3) is 11.1 Å². The molecule has 0 bridgehead atoms. The van der Waals surface area contributed by atoms with E-state index < -0.39 is 11.9 Å². The number of hydrogen-bond acceptors (Lipinski definition) is 6. The summed E-state index contributed by atoms with van der Waals surface area (Å²) in [7, 11) is 0. The molecule has 1 aromatic heterocycles. The molecule has 1 saturated heterocycles. The molecule has 3 aromatic rings. The predicted octanol–water partition coefficient (Wildman–Crippen LogP) is 5.67. The molecule has 2 aromatic carbocycles. The van der Waals surface area contributed by atoms with Crippen LogP contribution >= 0.6 is 34.7 Å². The topological polar surface area (TPSA) is 82.5 Å². The van der Waals surface area contributed by atoms with Crippen molar-refractivity contribution in [2.75, 3.05) is 30.4 Å². The standard InChI is InChI=1S/C26H27ClFN3O3S2/c1-35-13-10-23(32)26(34)31-11-8-17(9-12-31)25-30-22(15-36-25)24(33)29-21-7-6-19(28)14-20(21)16-2-4-18(27)5-3-16/h2-7,14-15,17,23,32H,8-13H2,1H3,(H,29,33). The smallest absolute Gasteiger partial charge is 0.275 e. The number of amides is 2. The van der Waals surface area contributed by atoms with Crippen molar-refractivity contribution in [3.05, 3.63) is 69.4 Å². The first-order valence-electron chi connectivity index (χ1n) is 11.6. The van der Waals surface area contributed by atoms with Gasteiger partial charge in [-0.1, -0.05) is 23.7 Å². The number of aliphatic hydroxyl groups is 1. The monoisotopic (exact) mass is 547 g/mol. The lowest BCUT2D eigenvalue weighted by Gasteiger charge is -2.32. The maximum atomic E-state index is 14.0. The van der Waals surface area contributed by atoms with E-state index in [1.807, 2.05) is 6.26 Å². The Bertz CT molecular complexity index is 1210. The minimum absolute atomic E-state index is 0.152. The third-order valence-electron chi connectivity index (χ3n) is 6.18. The SMILES string of the molecule is CSCCC(O)C(=O)N1CCC(c2nc(C(=O)Nc3ccc(F)cc3-c3ccc(Cl)cc3)cs2)CC1. The van der Waals surface area contributed by atoms with E-state index in [1.54, 1.807) is 46.3 Å². The van der Waals surface area contributed by atoms with Crippen molar-refractivity contribution in [1.29, 1.82) is 0 Å². The maximum Gasteiger partial charge on any atom is 0.275 e. The molecule has 0 radical (unpaired) electrons. The van der Waals surface area contributed by atoms with Crippen LogP contribution in [0.3, 0.4) is 0 Å². The molecule has 2 N–H and O–H groups in total. The normalized spacial score (nSPS) is 15.1. The summed E-state index contributed by atoms with van der Waals surface area (Å²) in [5.74, 6) is -0.0943. The Balaban J connectivity index is 1.40. The molecule has 36 heavy (non-hydrogen) atoms. The van der Waals surface area contributed by atoms with Crippen LogP contribution in [0.1, 0.15) is 40.7 Å². The number of likely N-dealkylation sites (tertiary alicyclic amines) is 1. The van der Waals surface area contributed by atoms with Crippen molar-refractivity contribution in [3.63, 3.8) is 0 Å². The zero-order valence-corrected chi connectivity index (χ0v) is 22.1. The molecule has 190 valence electrons. The number of carbonyl (C=O) groups is 2. The number of nitrogens with zero attached hydrogens (tertiary/aromatic N) is 2. The van der Waals surface area contributed by atoms with Crippen molar-refractivity contribution in [2.45, 2.75) is 31.3 Å². The van der Waals surface area contributed by atoms with Gasteiger partial charge in [-0.25, -0.2) is 9.37 Å². The summed E-state index contributed by atoms with van der Waals surface area (Å²) in [6.45, 7) is 1.11. The quantitative estimate of drug-likeness (QED) is 0.379. The molecule has 0 aliphatic carbocycles. The Morgan fingerprint density at radius 1 is 1.25 bits per heavy atom. The number of halogens is 2. The summed E-state index contributed by atoms with van der Waals surface area (Å²) < 4.78 is 14.0. The second kappa shape index (κ2) is 12.2. The number of thioether (sulfide) groups is 1. The maximum absolute atomic E-state index is 14.0. The number of nitrogens with one attached hydrogen (secondary N) is 1. The Labute approximate surface area is 222 Å². The Morgan fingerprint density at radius 3 is 2.67 bits per heavy atom. The van der Waals surface area contributed by atoms with E-state index in [1.165, 1.54) is 29.5 Å². The van der Waals surface area contributed by atoms with Crippen LogP contribution in [0.5, 0.6) is 0 Å². The second-order valence-corrected chi connectivity index (χ2v) is 10.9. The van der Waals surface area contributed by atoms with Gasteiger partial charge in [-0.3, -0.25) is 9.59 Å². The van der Waals surface area contributed by atoms with E-state index in [2.05, 4.69) is 10.3 Å². The minimum atomic E-state index is -0.951. The largest absolute Gasteiger partial charge is 0.383 e. The van der Waals surface area contributed by atoms with Crippen LogP contribution in [0.2, 0.25) is 5.02 Å². The zero-order chi connectivity index (χ0) is 25.7. The number of hydrogen-bond donors (Lipinski definition) is 2. The van der Waals surface area contributed by atoms with Gasteiger partial charge in [-0.05, 0) is 67.2 Å². The molecule has 0 spiro atoms. The van der Waals surface area contributed by atoms with E-state index in [0.29, 0.717) is 41.5 Å². The molecule has 0 saturated carbocycles. The first-order chi connectivity index (χ1) is 17.4. The molecule has 1 fully saturated rings. The van der Waals surface area contributed by atoms with Crippen molar-refractivity contribution in [2.24, 2.45) is 0 Å². The molecule has 4 rings (SSSR count). The van der Waals surface area contributed by atoms with Gasteiger partial charge < -0.3 is 15.3 Å². The van der Waals surface area contributed by atoms with Crippen molar-refractivity contribution in [3.8, 4) is 11.1 Å². The molecule has 1 unspecified atom stereocenters. The number of piperidine rings is 1. The van der Waals surface area contributed by atoms with Crippen LogP contribution in [-0.2, 0) is 4.79 Å². The fourth-order valence-corrected chi connectivity index (χ4v) is 5.73. The van der Waals surface area contributed by atoms with Gasteiger partial charge in [0.15, 0.2) is 0 Å². The van der Waals surface area contributed by atoms with E-state index in [9.17, 15) is 19.1 Å². The lowest BCUT2D eigenvalue weighted by atomic mass is 9.97. The predicted molar refractivity (Wildman–Crippen MR) is 144 cm³/mol. The van der Waals surface area contributed by atoms with Gasteiger partial charge in [0.05, 0.1) is 5.01 Å². The number of carbonyl (C=O) groups excluding carboxylic acids is 2. The fraction of sp³-hybridized carbons (Fsp3) is 0.346. The van der Waals surface area contributed by atoms with Gasteiger partial charge >= 0.3 is 0 Å². The number of aliphatic hydroxyl groups excluding tert-OH is 1. The molecule has 1 aliphatic heterocycles. The number of aromatic nitrogens is 1. The second-order valence-electron chi connectivity index (χ2n) is 8.62. The van der Waals surface area contributed by atoms with Crippen LogP contribution in [0.4, 0.5) is 10.1 Å². The lowest BCUT2D eigenvalue weighted by molar-refractivity contribution is -0.141. The highest BCUT2D eigenvalue weighted by Gasteiger charge is 2.29. The summed E-state index contributed by atoms with van der Waals surface area (Å²) in [4.78, 5) is 31.7. The number of anilines is 1. The summed E-state index contributed by atoms with van der Waals surface area (Å²) in [5, 5.41) is 16.1. The van der Waals surface area contributed by atoms with Crippen molar-refractivity contribution in [1.82, 2.24) is 9.88 Å². The van der Waals surface area contributed by atoms with Crippen LogP contribution in [-0.4, -0.2) is 58.0 Å². The van der Waals surface area contributed by atoms with Crippen molar-refractivity contribution >= 4 is 52.2 Å². The third kappa shape index (κ3) is 6.45. The molecule has 2 heterocycles. The number of benzene rings is 2. The molecule has 6 nitrogen and oxygen atoms in total. The Hall–Kier alpha value is -2.46. The van der Waals surface area contributed by atoms with Crippen molar-refractivity contribution < 1.29 is 19.1 Å². The zero-order valence-electron chi connectivity index (χ0n) is 19.7. The fourth-order valence-electron chi connectivity index (χ4n) is 4.17. The molecule has 1 aliphatic rings. The van der Waals surface area contributed by atoms with Gasteiger partial charge in [0.2, 0.25) is 0 Å². The van der Waals surface area contributed by atoms with Gasteiger partial charge in [0.1, 0.15) is 17.6 Å². The van der Waals surface area contributed by atoms with E-state index in [0.717, 1.165) is 29.2 Å². The molecular weight excluding hydrogens is 521 g/mol. The number of rotatable bonds is 8. The summed E-state index contributed by atoms with van der Waals surface area (Å²) >= 11 is 9.00. The highest BCUT2D eigenvalue weighted by Crippen LogP contribution is 2.32. The van der Waals surface area contributed by atoms with E-state index in [4.69, 9.17) is 11.6 Å². The Morgan fingerprint density at radius 2 is 1.97 bits per heavy atom. The summed E-state index contributed by atoms with van der Waals surface area (Å²) in [5.41, 5.74) is 2.05. The molecule has 10 heteroatoms. The first kappa shape index (κ1) is 26.6. The minimum Gasteiger partial charge on any atom is -0.383 e. The van der Waals surface area contributed by atoms with Crippen LogP contribution in [0.15, 0.2) is 47.8 Å².